The average Bonchev–Trinajstić information content (AvgIpc) is 3.20. The van der Waals surface area contributed by atoms with Crippen LogP contribution in [0.2, 0.25) is 0 Å². The highest BCUT2D eigenvalue weighted by Crippen LogP contribution is 2.34. The molecule has 2 aromatic rings. The molecule has 0 saturated heterocycles. The van der Waals surface area contributed by atoms with Gasteiger partial charge in [-0.2, -0.15) is 0 Å². The Morgan fingerprint density at radius 3 is 2.04 bits per heavy atom. The summed E-state index contributed by atoms with van der Waals surface area (Å²) in [6, 6.07) is 11.4. The molecule has 0 fully saturated rings. The summed E-state index contributed by atoms with van der Waals surface area (Å²) in [5.74, 6) is 3.17. The van der Waals surface area contributed by atoms with Crippen LogP contribution in [0.5, 0.6) is 23.0 Å². The number of carbonyl (C=O) groups excluding carboxylic acids is 1. The Labute approximate surface area is 133 Å². The number of Topliss-reactive ketones (excluding diaryl/α,β-unsaturated/α-hetero) is 1. The Morgan fingerprint density at radius 2 is 1.35 bits per heavy atom. The van der Waals surface area contributed by atoms with E-state index in [-0.39, 0.29) is 19.4 Å². The van der Waals surface area contributed by atoms with Gasteiger partial charge in [0.25, 0.3) is 0 Å². The van der Waals surface area contributed by atoms with Crippen molar-refractivity contribution >= 4 is 5.78 Å². The third-order valence-electron chi connectivity index (χ3n) is 3.97. The first kappa shape index (κ1) is 13.9. The molecule has 0 amide bonds. The van der Waals surface area contributed by atoms with Crippen molar-refractivity contribution in [3.63, 3.8) is 0 Å². The van der Waals surface area contributed by atoms with Crippen LogP contribution in [0, 0.1) is 0 Å². The van der Waals surface area contributed by atoms with Crippen molar-refractivity contribution in [3.8, 4) is 23.0 Å². The quantitative estimate of drug-likeness (QED) is 0.849. The summed E-state index contributed by atoms with van der Waals surface area (Å²) in [6.07, 6.45) is 1.59. The summed E-state index contributed by atoms with van der Waals surface area (Å²) < 4.78 is 21.2. The lowest BCUT2D eigenvalue weighted by Gasteiger charge is -2.04. The number of aryl methyl sites for hydroxylation is 1. The molecule has 2 aliphatic heterocycles. The first-order valence-electron chi connectivity index (χ1n) is 7.57. The summed E-state index contributed by atoms with van der Waals surface area (Å²) in [4.78, 5) is 12.2. The van der Waals surface area contributed by atoms with Crippen LogP contribution in [0.15, 0.2) is 36.4 Å². The number of hydrogen-bond acceptors (Lipinski definition) is 5. The normalized spacial score (nSPS) is 14.1. The first-order chi connectivity index (χ1) is 11.3. The van der Waals surface area contributed by atoms with E-state index in [4.69, 9.17) is 18.9 Å². The molecule has 0 unspecified atom stereocenters. The van der Waals surface area contributed by atoms with Crippen molar-refractivity contribution in [2.24, 2.45) is 0 Å². The Balaban J connectivity index is 1.35. The van der Waals surface area contributed by atoms with E-state index in [0.29, 0.717) is 25.0 Å². The molecule has 0 N–H and O–H groups in total. The molecular formula is C18H16O5. The van der Waals surface area contributed by atoms with Crippen molar-refractivity contribution in [1.82, 2.24) is 0 Å². The summed E-state index contributed by atoms with van der Waals surface area (Å²) in [6.45, 7) is 0.513. The second kappa shape index (κ2) is 5.83. The van der Waals surface area contributed by atoms with Gasteiger partial charge in [-0.1, -0.05) is 12.1 Å². The van der Waals surface area contributed by atoms with Crippen LogP contribution in [-0.4, -0.2) is 19.4 Å². The number of rotatable bonds is 5. The Bertz CT molecular complexity index is 753. The number of ketones is 1. The lowest BCUT2D eigenvalue weighted by Crippen LogP contribution is -2.04. The minimum absolute atomic E-state index is 0.196. The van der Waals surface area contributed by atoms with Gasteiger partial charge < -0.3 is 18.9 Å². The van der Waals surface area contributed by atoms with Gasteiger partial charge in [-0.25, -0.2) is 0 Å². The lowest BCUT2D eigenvalue weighted by molar-refractivity contribution is -0.118. The van der Waals surface area contributed by atoms with E-state index < -0.39 is 0 Å². The number of ether oxygens (including phenoxy) is 4. The van der Waals surface area contributed by atoms with Crippen molar-refractivity contribution in [1.29, 1.82) is 0 Å². The molecule has 118 valence electrons. The number of benzene rings is 2. The lowest BCUT2D eigenvalue weighted by atomic mass is 10.0. The zero-order valence-corrected chi connectivity index (χ0v) is 12.5. The van der Waals surface area contributed by atoms with Crippen LogP contribution < -0.4 is 18.9 Å². The number of hydrogen-bond donors (Lipinski definition) is 0. The molecule has 0 radical (unpaired) electrons. The second-order valence-electron chi connectivity index (χ2n) is 5.59. The Kier molecular flexibility index (Phi) is 3.54. The molecule has 5 nitrogen and oxygen atoms in total. The second-order valence-corrected chi connectivity index (χ2v) is 5.59. The van der Waals surface area contributed by atoms with E-state index in [1.54, 1.807) is 0 Å². The smallest absolute Gasteiger partial charge is 0.231 e. The zero-order valence-electron chi connectivity index (χ0n) is 12.5. The van der Waals surface area contributed by atoms with E-state index in [2.05, 4.69) is 0 Å². The van der Waals surface area contributed by atoms with Gasteiger partial charge in [-0.05, 0) is 41.8 Å². The van der Waals surface area contributed by atoms with Crippen molar-refractivity contribution < 1.29 is 23.7 Å². The minimum Gasteiger partial charge on any atom is -0.454 e. The molecule has 0 aromatic heterocycles. The molecule has 0 bridgehead atoms. The molecule has 23 heavy (non-hydrogen) atoms. The molecule has 0 spiro atoms. The van der Waals surface area contributed by atoms with Gasteiger partial charge in [-0.15, -0.1) is 0 Å². The number of fused-ring (bicyclic) bond motifs is 2. The Morgan fingerprint density at radius 1 is 0.783 bits per heavy atom. The SMILES string of the molecule is O=C(CCc1ccc2c(c1)OCO2)Cc1ccc2c(c1)OCO2. The molecule has 0 saturated carbocycles. The van der Waals surface area contributed by atoms with E-state index in [1.165, 1.54) is 0 Å². The van der Waals surface area contributed by atoms with Crippen molar-refractivity contribution in [3.05, 3.63) is 47.5 Å². The third-order valence-corrected chi connectivity index (χ3v) is 3.97. The summed E-state index contributed by atoms with van der Waals surface area (Å²) >= 11 is 0. The van der Waals surface area contributed by atoms with E-state index in [1.807, 2.05) is 36.4 Å². The molecule has 2 aromatic carbocycles. The number of carbonyl (C=O) groups is 1. The fourth-order valence-corrected chi connectivity index (χ4v) is 2.75. The van der Waals surface area contributed by atoms with Gasteiger partial charge in [0.2, 0.25) is 13.6 Å². The van der Waals surface area contributed by atoms with Crippen LogP contribution in [0.4, 0.5) is 0 Å². The monoisotopic (exact) mass is 312 g/mol. The third kappa shape index (κ3) is 2.95. The first-order valence-corrected chi connectivity index (χ1v) is 7.57. The van der Waals surface area contributed by atoms with Crippen LogP contribution in [-0.2, 0) is 17.6 Å². The highest BCUT2D eigenvalue weighted by Gasteiger charge is 2.16. The molecule has 2 heterocycles. The van der Waals surface area contributed by atoms with Crippen LogP contribution in [0.1, 0.15) is 17.5 Å². The van der Waals surface area contributed by atoms with E-state index >= 15 is 0 Å². The van der Waals surface area contributed by atoms with Gasteiger partial charge in [0.15, 0.2) is 23.0 Å². The molecule has 2 aliphatic rings. The van der Waals surface area contributed by atoms with Gasteiger partial charge in [0, 0.05) is 12.8 Å². The van der Waals surface area contributed by atoms with Gasteiger partial charge in [-0.3, -0.25) is 4.79 Å². The van der Waals surface area contributed by atoms with Crippen molar-refractivity contribution in [2.75, 3.05) is 13.6 Å². The summed E-state index contributed by atoms with van der Waals surface area (Å²) in [7, 11) is 0. The average molecular weight is 312 g/mol. The maximum atomic E-state index is 12.2. The fourth-order valence-electron chi connectivity index (χ4n) is 2.75. The maximum absolute atomic E-state index is 12.2. The molecule has 0 aliphatic carbocycles. The van der Waals surface area contributed by atoms with Crippen molar-refractivity contribution in [2.45, 2.75) is 19.3 Å². The summed E-state index contributed by atoms with van der Waals surface area (Å²) in [5.41, 5.74) is 2.03. The van der Waals surface area contributed by atoms with Gasteiger partial charge >= 0.3 is 0 Å². The van der Waals surface area contributed by atoms with E-state index in [9.17, 15) is 4.79 Å². The highest BCUT2D eigenvalue weighted by molar-refractivity contribution is 5.81. The van der Waals surface area contributed by atoms with Crippen LogP contribution in [0.25, 0.3) is 0 Å². The highest BCUT2D eigenvalue weighted by atomic mass is 16.7. The predicted octanol–water partition coefficient (Wildman–Crippen LogP) is 2.89. The molecular weight excluding hydrogens is 296 g/mol. The van der Waals surface area contributed by atoms with E-state index in [0.717, 1.165) is 28.4 Å². The topological polar surface area (TPSA) is 54.0 Å². The maximum Gasteiger partial charge on any atom is 0.231 e. The minimum atomic E-state index is 0.196. The molecule has 0 atom stereocenters. The fraction of sp³-hybridized carbons (Fsp3) is 0.278. The zero-order chi connectivity index (χ0) is 15.6. The predicted molar refractivity (Wildman–Crippen MR) is 82.2 cm³/mol. The molecule has 5 heteroatoms. The van der Waals surface area contributed by atoms with Crippen LogP contribution in [0.3, 0.4) is 0 Å². The Hall–Kier alpha value is -2.69. The largest absolute Gasteiger partial charge is 0.454 e. The van der Waals surface area contributed by atoms with Crippen LogP contribution >= 0.6 is 0 Å². The summed E-state index contributed by atoms with van der Waals surface area (Å²) in [5, 5.41) is 0. The standard InChI is InChI=1S/C18H16O5/c19-14(7-13-3-6-16-18(9-13)23-11-21-16)4-1-12-2-5-15-17(8-12)22-10-20-15/h2-3,5-6,8-9H,1,4,7,10-11H2. The molecule has 4 rings (SSSR count). The van der Waals surface area contributed by atoms with Gasteiger partial charge in [0.05, 0.1) is 0 Å². The van der Waals surface area contributed by atoms with Gasteiger partial charge in [0.1, 0.15) is 5.78 Å².